The molecule has 0 aliphatic carbocycles. The molecule has 0 spiro atoms. The van der Waals surface area contributed by atoms with Crippen LogP contribution in [0.4, 0.5) is 4.39 Å². The van der Waals surface area contributed by atoms with E-state index in [0.717, 1.165) is 11.1 Å². The Hall–Kier alpha value is -2.53. The molecule has 0 radical (unpaired) electrons. The largest absolute Gasteiger partial charge is 0.481 e. The number of likely N-dealkylation sites (tertiary alicyclic amines) is 1. The third kappa shape index (κ3) is 3.86. The maximum Gasteiger partial charge on any atom is 0.308 e. The summed E-state index contributed by atoms with van der Waals surface area (Å²) in [5, 5.41) is 9.49. The topological polar surface area (TPSA) is 53.4 Å². The van der Waals surface area contributed by atoms with Gasteiger partial charge in [-0.1, -0.05) is 30.4 Å². The van der Waals surface area contributed by atoms with Gasteiger partial charge in [0.15, 0.2) is 0 Å². The highest BCUT2D eigenvalue weighted by atomic mass is 19.1. The first-order valence-electron chi connectivity index (χ1n) is 7.90. The number of carbonyl (C=O) groups is 1. The van der Waals surface area contributed by atoms with E-state index in [2.05, 4.69) is 9.88 Å². The Morgan fingerprint density at radius 1 is 1.29 bits per heavy atom. The van der Waals surface area contributed by atoms with Crippen LogP contribution in [0.2, 0.25) is 0 Å². The predicted octanol–water partition coefficient (Wildman–Crippen LogP) is 3.03. The van der Waals surface area contributed by atoms with E-state index < -0.39 is 11.9 Å². The van der Waals surface area contributed by atoms with Crippen LogP contribution in [0.25, 0.3) is 6.08 Å². The quantitative estimate of drug-likeness (QED) is 0.917. The zero-order valence-electron chi connectivity index (χ0n) is 13.2. The molecule has 4 nitrogen and oxygen atoms in total. The predicted molar refractivity (Wildman–Crippen MR) is 90.0 cm³/mol. The molecule has 0 amide bonds. The van der Waals surface area contributed by atoms with E-state index in [9.17, 15) is 14.3 Å². The Kier molecular flexibility index (Phi) is 5.01. The van der Waals surface area contributed by atoms with Gasteiger partial charge in [-0.2, -0.15) is 0 Å². The van der Waals surface area contributed by atoms with Crippen molar-refractivity contribution in [3.8, 4) is 0 Å². The molecular formula is C19H19FN2O2. The van der Waals surface area contributed by atoms with E-state index >= 15 is 0 Å². The van der Waals surface area contributed by atoms with Crippen LogP contribution < -0.4 is 0 Å². The average molecular weight is 326 g/mol. The summed E-state index contributed by atoms with van der Waals surface area (Å²) in [6.45, 7) is 1.87. The second-order valence-electron chi connectivity index (χ2n) is 6.01. The lowest BCUT2D eigenvalue weighted by Crippen LogP contribution is -2.23. The fraction of sp³-hybridized carbons (Fsp3) is 0.263. The maximum atomic E-state index is 12.9. The highest BCUT2D eigenvalue weighted by Gasteiger charge is 2.38. The maximum absolute atomic E-state index is 12.9. The van der Waals surface area contributed by atoms with Crippen LogP contribution in [0.5, 0.6) is 0 Å². The lowest BCUT2D eigenvalue weighted by molar-refractivity contribution is -0.141. The SMILES string of the molecule is O=C(O)[C@@H]1CN(CC=Cc2ccc(F)cc2)C[C@H]1c1cccnc1. The number of carboxylic acid groups (broad SMARTS) is 1. The van der Waals surface area contributed by atoms with E-state index in [1.807, 2.05) is 24.3 Å². The van der Waals surface area contributed by atoms with Gasteiger partial charge in [-0.3, -0.25) is 14.7 Å². The fourth-order valence-corrected chi connectivity index (χ4v) is 3.13. The lowest BCUT2D eigenvalue weighted by atomic mass is 9.90. The van der Waals surface area contributed by atoms with Gasteiger partial charge in [0.2, 0.25) is 0 Å². The molecule has 124 valence electrons. The summed E-state index contributed by atoms with van der Waals surface area (Å²) < 4.78 is 12.9. The van der Waals surface area contributed by atoms with Crippen LogP contribution in [-0.2, 0) is 4.79 Å². The van der Waals surface area contributed by atoms with Crippen molar-refractivity contribution in [2.75, 3.05) is 19.6 Å². The second kappa shape index (κ2) is 7.36. The van der Waals surface area contributed by atoms with E-state index in [4.69, 9.17) is 0 Å². The van der Waals surface area contributed by atoms with Crippen molar-refractivity contribution in [3.63, 3.8) is 0 Å². The number of pyridine rings is 1. The van der Waals surface area contributed by atoms with Gasteiger partial charge in [0, 0.05) is 37.9 Å². The third-order valence-corrected chi connectivity index (χ3v) is 4.37. The van der Waals surface area contributed by atoms with Gasteiger partial charge in [0.1, 0.15) is 5.82 Å². The molecule has 2 atom stereocenters. The first-order valence-corrected chi connectivity index (χ1v) is 7.90. The summed E-state index contributed by atoms with van der Waals surface area (Å²) in [7, 11) is 0. The minimum absolute atomic E-state index is 0.0459. The van der Waals surface area contributed by atoms with Crippen LogP contribution >= 0.6 is 0 Å². The molecule has 1 N–H and O–H groups in total. The Labute approximate surface area is 140 Å². The van der Waals surface area contributed by atoms with Crippen LogP contribution in [-0.4, -0.2) is 40.6 Å². The molecule has 1 aliphatic heterocycles. The molecule has 24 heavy (non-hydrogen) atoms. The number of hydrogen-bond donors (Lipinski definition) is 1. The Morgan fingerprint density at radius 3 is 2.75 bits per heavy atom. The van der Waals surface area contributed by atoms with Crippen molar-refractivity contribution in [3.05, 3.63) is 71.8 Å². The molecule has 1 aliphatic rings. The van der Waals surface area contributed by atoms with Crippen molar-refractivity contribution in [1.82, 2.24) is 9.88 Å². The Bertz CT molecular complexity index is 716. The van der Waals surface area contributed by atoms with Gasteiger partial charge in [-0.05, 0) is 29.3 Å². The van der Waals surface area contributed by atoms with E-state index in [-0.39, 0.29) is 11.7 Å². The molecule has 1 fully saturated rings. The molecule has 1 saturated heterocycles. The Morgan fingerprint density at radius 2 is 2.08 bits per heavy atom. The van der Waals surface area contributed by atoms with Gasteiger partial charge in [-0.25, -0.2) is 4.39 Å². The number of carboxylic acids is 1. The second-order valence-corrected chi connectivity index (χ2v) is 6.01. The molecule has 3 rings (SSSR count). The van der Waals surface area contributed by atoms with Crippen molar-refractivity contribution in [2.24, 2.45) is 5.92 Å². The van der Waals surface area contributed by atoms with Crippen molar-refractivity contribution in [1.29, 1.82) is 0 Å². The first kappa shape index (κ1) is 16.3. The molecule has 1 aromatic carbocycles. The summed E-state index contributed by atoms with van der Waals surface area (Å²) in [6.07, 6.45) is 7.35. The molecule has 0 saturated carbocycles. The molecule has 2 heterocycles. The lowest BCUT2D eigenvalue weighted by Gasteiger charge is -2.14. The van der Waals surface area contributed by atoms with E-state index in [1.54, 1.807) is 24.5 Å². The normalized spacial score (nSPS) is 21.4. The van der Waals surface area contributed by atoms with E-state index in [1.165, 1.54) is 12.1 Å². The van der Waals surface area contributed by atoms with Crippen LogP contribution in [0.15, 0.2) is 54.9 Å². The summed E-state index contributed by atoms with van der Waals surface area (Å²) in [6, 6.07) is 10.1. The standard InChI is InChI=1S/C19H19FN2O2/c20-16-7-5-14(6-8-16)3-2-10-22-12-17(18(13-22)19(23)24)15-4-1-9-21-11-15/h1-9,11,17-18H,10,12-13H2,(H,23,24)/t17-,18+/m0/s1. The number of hydrogen-bond acceptors (Lipinski definition) is 3. The monoisotopic (exact) mass is 326 g/mol. The Balaban J connectivity index is 1.65. The zero-order valence-corrected chi connectivity index (χ0v) is 13.2. The van der Waals surface area contributed by atoms with Crippen molar-refractivity contribution >= 4 is 12.0 Å². The molecule has 0 bridgehead atoms. The minimum Gasteiger partial charge on any atom is -0.481 e. The summed E-state index contributed by atoms with van der Waals surface area (Å²) in [5.41, 5.74) is 1.89. The van der Waals surface area contributed by atoms with Gasteiger partial charge in [0.05, 0.1) is 5.92 Å². The molecule has 5 heteroatoms. The van der Waals surface area contributed by atoms with Crippen LogP contribution in [0.1, 0.15) is 17.0 Å². The summed E-state index contributed by atoms with van der Waals surface area (Å²) >= 11 is 0. The molecule has 2 aromatic rings. The summed E-state index contributed by atoms with van der Waals surface area (Å²) in [4.78, 5) is 17.8. The smallest absolute Gasteiger partial charge is 0.308 e. The number of benzene rings is 1. The van der Waals surface area contributed by atoms with Crippen LogP contribution in [0, 0.1) is 11.7 Å². The number of nitrogens with zero attached hydrogens (tertiary/aromatic N) is 2. The first-order chi connectivity index (χ1) is 11.6. The number of aliphatic carboxylic acids is 1. The van der Waals surface area contributed by atoms with E-state index in [0.29, 0.717) is 19.6 Å². The average Bonchev–Trinajstić information content (AvgIpc) is 3.02. The third-order valence-electron chi connectivity index (χ3n) is 4.37. The molecule has 0 unspecified atom stereocenters. The number of rotatable bonds is 5. The van der Waals surface area contributed by atoms with Gasteiger partial charge < -0.3 is 5.11 Å². The van der Waals surface area contributed by atoms with Gasteiger partial charge in [0.25, 0.3) is 0 Å². The highest BCUT2D eigenvalue weighted by Crippen LogP contribution is 2.32. The van der Waals surface area contributed by atoms with Gasteiger partial charge >= 0.3 is 5.97 Å². The summed E-state index contributed by atoms with van der Waals surface area (Å²) in [5.74, 6) is -1.49. The van der Waals surface area contributed by atoms with Crippen LogP contribution in [0.3, 0.4) is 0 Å². The van der Waals surface area contributed by atoms with Gasteiger partial charge in [-0.15, -0.1) is 0 Å². The number of halogens is 1. The highest BCUT2D eigenvalue weighted by molar-refractivity contribution is 5.72. The molecule has 1 aromatic heterocycles. The molecular weight excluding hydrogens is 307 g/mol. The van der Waals surface area contributed by atoms with Crippen molar-refractivity contribution in [2.45, 2.75) is 5.92 Å². The van der Waals surface area contributed by atoms with Crippen molar-refractivity contribution < 1.29 is 14.3 Å². The fourth-order valence-electron chi connectivity index (χ4n) is 3.13. The minimum atomic E-state index is -0.770. The zero-order chi connectivity index (χ0) is 16.9. The number of aromatic nitrogens is 1.